The molecule has 4 nitrogen and oxygen atoms in total. The molecule has 2 aromatic carbocycles. The molecule has 0 aliphatic rings. The monoisotopic (exact) mass is 333 g/mol. The van der Waals surface area contributed by atoms with Gasteiger partial charge in [0.1, 0.15) is 5.82 Å². The number of nitrogens with one attached hydrogen (secondary N) is 2. The summed E-state index contributed by atoms with van der Waals surface area (Å²) in [4.78, 5) is 12.0. The summed E-state index contributed by atoms with van der Waals surface area (Å²) in [6, 6.07) is 9.62. The van der Waals surface area contributed by atoms with Gasteiger partial charge in [0.2, 0.25) is 0 Å². The summed E-state index contributed by atoms with van der Waals surface area (Å²) in [5, 5.41) is 10.4. The summed E-state index contributed by atoms with van der Waals surface area (Å²) in [6.07, 6.45) is 1.67. The van der Waals surface area contributed by atoms with Crippen LogP contribution in [0.25, 0.3) is 10.9 Å². The van der Waals surface area contributed by atoms with Crippen LogP contribution in [-0.2, 0) is 0 Å². The van der Waals surface area contributed by atoms with Gasteiger partial charge in [-0.15, -0.1) is 0 Å². The number of anilines is 1. The van der Waals surface area contributed by atoms with Crippen molar-refractivity contribution in [2.45, 2.75) is 0 Å². The van der Waals surface area contributed by atoms with Crippen molar-refractivity contribution in [3.63, 3.8) is 0 Å². The largest absolute Gasteiger partial charge is 0.322 e. The minimum absolute atomic E-state index is 0.262. The van der Waals surface area contributed by atoms with Crippen LogP contribution in [0, 0.1) is 5.82 Å². The summed E-state index contributed by atoms with van der Waals surface area (Å²) < 4.78 is 13.7. The quantitative estimate of drug-likeness (QED) is 0.750. The van der Waals surface area contributed by atoms with Crippen molar-refractivity contribution in [2.24, 2.45) is 0 Å². The molecule has 0 bridgehead atoms. The van der Waals surface area contributed by atoms with Crippen LogP contribution in [0.4, 0.5) is 10.1 Å². The van der Waals surface area contributed by atoms with E-state index >= 15 is 0 Å². The average Bonchev–Trinajstić information content (AvgIpc) is 2.89. The number of fused-ring (bicyclic) bond motifs is 1. The smallest absolute Gasteiger partial charge is 0.255 e. The lowest BCUT2D eigenvalue weighted by Crippen LogP contribution is -2.12. The van der Waals surface area contributed by atoms with Gasteiger partial charge in [-0.3, -0.25) is 9.89 Å². The highest BCUT2D eigenvalue weighted by Gasteiger charge is 2.09. The molecule has 0 aliphatic heterocycles. The molecule has 0 saturated carbocycles. The normalized spacial score (nSPS) is 10.7. The Balaban J connectivity index is 1.85. The van der Waals surface area contributed by atoms with Gasteiger partial charge < -0.3 is 5.32 Å². The zero-order valence-electron chi connectivity index (χ0n) is 10.2. The lowest BCUT2D eigenvalue weighted by atomic mass is 10.2. The lowest BCUT2D eigenvalue weighted by Gasteiger charge is -2.06. The standard InChI is InChI=1S/C14H9BrFN3O/c15-11-3-1-8(6-12(11)16)14(20)18-10-2-4-13-9(5-10)7-17-19-13/h1-7H,(H,17,19)(H,18,20). The third kappa shape index (κ3) is 2.42. The van der Waals surface area contributed by atoms with E-state index in [4.69, 9.17) is 0 Å². The highest BCUT2D eigenvalue weighted by atomic mass is 79.9. The van der Waals surface area contributed by atoms with Gasteiger partial charge in [-0.2, -0.15) is 5.10 Å². The summed E-state index contributed by atoms with van der Waals surface area (Å²) in [5.74, 6) is -0.831. The number of rotatable bonds is 2. The number of H-pyrrole nitrogens is 1. The fourth-order valence-electron chi connectivity index (χ4n) is 1.86. The number of halogens is 2. The Labute approximate surface area is 122 Å². The van der Waals surface area contributed by atoms with E-state index in [2.05, 4.69) is 31.4 Å². The minimum atomic E-state index is -0.470. The molecule has 0 spiro atoms. The number of amides is 1. The van der Waals surface area contributed by atoms with Crippen LogP contribution in [0.2, 0.25) is 0 Å². The van der Waals surface area contributed by atoms with Crippen LogP contribution in [-0.4, -0.2) is 16.1 Å². The molecule has 1 amide bonds. The van der Waals surface area contributed by atoms with Crippen LogP contribution < -0.4 is 5.32 Å². The van der Waals surface area contributed by atoms with Crippen molar-refractivity contribution in [2.75, 3.05) is 5.32 Å². The third-order valence-corrected chi connectivity index (χ3v) is 3.52. The first-order chi connectivity index (χ1) is 9.63. The van der Waals surface area contributed by atoms with Gasteiger partial charge in [0.05, 0.1) is 16.2 Å². The fourth-order valence-corrected chi connectivity index (χ4v) is 2.11. The lowest BCUT2D eigenvalue weighted by molar-refractivity contribution is 0.102. The van der Waals surface area contributed by atoms with E-state index < -0.39 is 5.82 Å². The maximum absolute atomic E-state index is 13.4. The Morgan fingerprint density at radius 3 is 2.90 bits per heavy atom. The highest BCUT2D eigenvalue weighted by Crippen LogP contribution is 2.19. The van der Waals surface area contributed by atoms with Crippen LogP contribution in [0.3, 0.4) is 0 Å². The Morgan fingerprint density at radius 2 is 2.10 bits per heavy atom. The Hall–Kier alpha value is -2.21. The Morgan fingerprint density at radius 1 is 1.25 bits per heavy atom. The van der Waals surface area contributed by atoms with Crippen molar-refractivity contribution < 1.29 is 9.18 Å². The summed E-state index contributed by atoms with van der Waals surface area (Å²) in [6.45, 7) is 0. The zero-order valence-corrected chi connectivity index (χ0v) is 11.7. The summed E-state index contributed by atoms with van der Waals surface area (Å²) in [7, 11) is 0. The molecule has 100 valence electrons. The second kappa shape index (κ2) is 5.05. The van der Waals surface area contributed by atoms with Crippen molar-refractivity contribution >= 4 is 38.4 Å². The van der Waals surface area contributed by atoms with Crippen LogP contribution in [0.5, 0.6) is 0 Å². The predicted octanol–water partition coefficient (Wildman–Crippen LogP) is 3.72. The molecule has 1 aromatic heterocycles. The summed E-state index contributed by atoms with van der Waals surface area (Å²) in [5.41, 5.74) is 1.78. The average molecular weight is 334 g/mol. The number of hydrogen-bond donors (Lipinski definition) is 2. The zero-order chi connectivity index (χ0) is 14.1. The number of aromatic amines is 1. The number of hydrogen-bond acceptors (Lipinski definition) is 2. The maximum atomic E-state index is 13.4. The first kappa shape index (κ1) is 12.8. The number of aromatic nitrogens is 2. The van der Waals surface area contributed by atoms with Gasteiger partial charge in [-0.25, -0.2) is 4.39 Å². The second-order valence-corrected chi connectivity index (χ2v) is 5.11. The summed E-state index contributed by atoms with van der Waals surface area (Å²) >= 11 is 3.05. The van der Waals surface area contributed by atoms with Crippen LogP contribution in [0.15, 0.2) is 47.1 Å². The molecule has 3 aromatic rings. The predicted molar refractivity (Wildman–Crippen MR) is 78.1 cm³/mol. The SMILES string of the molecule is O=C(Nc1ccc2[nH]ncc2c1)c1ccc(Br)c(F)c1. The molecule has 0 radical (unpaired) electrons. The fraction of sp³-hybridized carbons (Fsp3) is 0. The maximum Gasteiger partial charge on any atom is 0.255 e. The molecule has 0 fully saturated rings. The number of carbonyl (C=O) groups excluding carboxylic acids is 1. The molecule has 1 heterocycles. The topological polar surface area (TPSA) is 57.8 Å². The van der Waals surface area contributed by atoms with Crippen molar-refractivity contribution in [3.05, 3.63) is 58.4 Å². The third-order valence-electron chi connectivity index (χ3n) is 2.88. The molecule has 6 heteroatoms. The van der Waals surface area contributed by atoms with E-state index in [9.17, 15) is 9.18 Å². The van der Waals surface area contributed by atoms with Gasteiger partial charge in [0.25, 0.3) is 5.91 Å². The molecule has 2 N–H and O–H groups in total. The van der Waals surface area contributed by atoms with Gasteiger partial charge in [0.15, 0.2) is 0 Å². The van der Waals surface area contributed by atoms with E-state index in [1.54, 1.807) is 24.4 Å². The molecule has 0 unspecified atom stereocenters. The molecule has 20 heavy (non-hydrogen) atoms. The second-order valence-electron chi connectivity index (χ2n) is 4.26. The van der Waals surface area contributed by atoms with E-state index in [-0.39, 0.29) is 11.5 Å². The van der Waals surface area contributed by atoms with Crippen LogP contribution >= 0.6 is 15.9 Å². The van der Waals surface area contributed by atoms with Crippen molar-refractivity contribution in [1.29, 1.82) is 0 Å². The minimum Gasteiger partial charge on any atom is -0.322 e. The molecule has 0 saturated heterocycles. The van der Waals surface area contributed by atoms with Gasteiger partial charge in [-0.1, -0.05) is 0 Å². The molecule has 3 rings (SSSR count). The number of nitrogens with zero attached hydrogens (tertiary/aromatic N) is 1. The van der Waals surface area contributed by atoms with Crippen LogP contribution in [0.1, 0.15) is 10.4 Å². The first-order valence-corrected chi connectivity index (χ1v) is 6.62. The van der Waals surface area contributed by atoms with Gasteiger partial charge >= 0.3 is 0 Å². The van der Waals surface area contributed by atoms with Gasteiger partial charge in [-0.05, 0) is 52.3 Å². The van der Waals surface area contributed by atoms with Crippen molar-refractivity contribution in [3.8, 4) is 0 Å². The molecular weight excluding hydrogens is 325 g/mol. The molecule has 0 atom stereocenters. The van der Waals surface area contributed by atoms with Crippen molar-refractivity contribution in [1.82, 2.24) is 10.2 Å². The first-order valence-electron chi connectivity index (χ1n) is 5.83. The van der Waals surface area contributed by atoms with E-state index in [1.165, 1.54) is 12.1 Å². The highest BCUT2D eigenvalue weighted by molar-refractivity contribution is 9.10. The number of benzene rings is 2. The van der Waals surface area contributed by atoms with E-state index in [0.29, 0.717) is 10.2 Å². The Bertz CT molecular complexity index is 800. The van der Waals surface area contributed by atoms with Gasteiger partial charge in [0, 0.05) is 16.6 Å². The van der Waals surface area contributed by atoms with E-state index in [1.807, 2.05) is 6.07 Å². The number of carbonyl (C=O) groups is 1. The van der Waals surface area contributed by atoms with E-state index in [0.717, 1.165) is 10.9 Å². The Kier molecular flexibility index (Phi) is 3.23. The molecular formula is C14H9BrFN3O. The molecule has 0 aliphatic carbocycles.